The van der Waals surface area contributed by atoms with Crippen molar-refractivity contribution in [3.05, 3.63) is 59.2 Å². The quantitative estimate of drug-likeness (QED) is 0.663. The molecule has 1 fully saturated rings. The molecule has 3 rings (SSSR count). The van der Waals surface area contributed by atoms with Crippen LogP contribution in [0.5, 0.6) is 5.75 Å². The first kappa shape index (κ1) is 21.9. The predicted octanol–water partition coefficient (Wildman–Crippen LogP) is 4.44. The zero-order valence-corrected chi connectivity index (χ0v) is 18.6. The molecule has 1 unspecified atom stereocenters. The summed E-state index contributed by atoms with van der Waals surface area (Å²) >= 11 is 0. The molecule has 1 aliphatic heterocycles. The summed E-state index contributed by atoms with van der Waals surface area (Å²) in [7, 11) is 0. The number of ketones is 1. The molecule has 0 aromatic heterocycles. The van der Waals surface area contributed by atoms with Crippen LogP contribution in [0.15, 0.2) is 42.5 Å². The Kier molecular flexibility index (Phi) is 6.80. The Hall–Kier alpha value is -2.82. The number of nitrogens with zero attached hydrogens (tertiary/aromatic N) is 2. The van der Waals surface area contributed by atoms with Crippen molar-refractivity contribution in [2.45, 2.75) is 46.6 Å². The number of hydrogen-bond donors (Lipinski definition) is 0. The van der Waals surface area contributed by atoms with E-state index >= 15 is 0 Å². The first-order chi connectivity index (χ1) is 14.3. The second-order valence-corrected chi connectivity index (χ2v) is 8.37. The molecule has 30 heavy (non-hydrogen) atoms. The van der Waals surface area contributed by atoms with Crippen molar-refractivity contribution < 1.29 is 14.3 Å². The van der Waals surface area contributed by atoms with Gasteiger partial charge >= 0.3 is 0 Å². The van der Waals surface area contributed by atoms with Crippen molar-refractivity contribution in [1.29, 1.82) is 0 Å². The molecule has 1 saturated heterocycles. The lowest BCUT2D eigenvalue weighted by Crippen LogP contribution is -2.52. The summed E-state index contributed by atoms with van der Waals surface area (Å²) in [4.78, 5) is 28.6. The molecule has 0 spiro atoms. The molecule has 5 heteroatoms. The number of rotatable bonds is 6. The SMILES string of the molecule is CC(=O)c1ccc(N2CCN(C(=O)C(C)Oc3cc(C)ccc3C(C)C)CC2)cc1. The molecule has 1 aliphatic rings. The summed E-state index contributed by atoms with van der Waals surface area (Å²) in [6.45, 7) is 12.5. The molecule has 0 N–H and O–H groups in total. The fourth-order valence-electron chi connectivity index (χ4n) is 3.81. The monoisotopic (exact) mass is 408 g/mol. The summed E-state index contributed by atoms with van der Waals surface area (Å²) in [6, 6.07) is 13.9. The van der Waals surface area contributed by atoms with Gasteiger partial charge in [0, 0.05) is 37.4 Å². The van der Waals surface area contributed by atoms with Crippen molar-refractivity contribution in [3.63, 3.8) is 0 Å². The summed E-state index contributed by atoms with van der Waals surface area (Å²) in [5, 5.41) is 0. The summed E-state index contributed by atoms with van der Waals surface area (Å²) in [6.07, 6.45) is -0.522. The Bertz CT molecular complexity index is 897. The largest absolute Gasteiger partial charge is 0.481 e. The van der Waals surface area contributed by atoms with E-state index in [9.17, 15) is 9.59 Å². The van der Waals surface area contributed by atoms with E-state index in [1.807, 2.05) is 49.1 Å². The van der Waals surface area contributed by atoms with E-state index < -0.39 is 6.10 Å². The number of anilines is 1. The molecule has 1 atom stereocenters. The highest BCUT2D eigenvalue weighted by atomic mass is 16.5. The third-order valence-electron chi connectivity index (χ3n) is 5.67. The normalized spacial score (nSPS) is 15.3. The first-order valence-electron chi connectivity index (χ1n) is 10.7. The van der Waals surface area contributed by atoms with E-state index in [1.54, 1.807) is 6.92 Å². The van der Waals surface area contributed by atoms with Crippen LogP contribution in [-0.2, 0) is 4.79 Å². The fraction of sp³-hybridized carbons (Fsp3) is 0.440. The Balaban J connectivity index is 1.60. The molecule has 0 aliphatic carbocycles. The molecule has 0 radical (unpaired) electrons. The lowest BCUT2D eigenvalue weighted by atomic mass is 10.0. The molecule has 2 aromatic rings. The first-order valence-corrected chi connectivity index (χ1v) is 10.7. The van der Waals surface area contributed by atoms with Crippen molar-refractivity contribution in [3.8, 4) is 5.75 Å². The van der Waals surface area contributed by atoms with Gasteiger partial charge in [0.1, 0.15) is 5.75 Å². The van der Waals surface area contributed by atoms with Crippen LogP contribution in [-0.4, -0.2) is 48.9 Å². The van der Waals surface area contributed by atoms with Gasteiger partial charge in [-0.15, -0.1) is 0 Å². The van der Waals surface area contributed by atoms with Crippen molar-refractivity contribution >= 4 is 17.4 Å². The van der Waals surface area contributed by atoms with E-state index in [0.717, 1.165) is 41.2 Å². The van der Waals surface area contributed by atoms with Crippen LogP contribution < -0.4 is 9.64 Å². The summed E-state index contributed by atoms with van der Waals surface area (Å²) in [5.41, 5.74) is 4.05. The molecule has 1 amide bonds. The molecular formula is C25H32N2O3. The minimum absolute atomic E-state index is 0.0257. The number of benzene rings is 2. The second kappa shape index (κ2) is 9.33. The Labute approximate surface area is 179 Å². The number of carbonyl (C=O) groups is 2. The van der Waals surface area contributed by atoms with Gasteiger partial charge in [-0.1, -0.05) is 26.0 Å². The third kappa shape index (κ3) is 5.02. The highest BCUT2D eigenvalue weighted by molar-refractivity contribution is 5.94. The number of Topliss-reactive ketones (excluding diaryl/α,β-unsaturated/α-hetero) is 1. The van der Waals surface area contributed by atoms with Gasteiger partial charge in [0.2, 0.25) is 0 Å². The molecule has 0 bridgehead atoms. The lowest BCUT2D eigenvalue weighted by Gasteiger charge is -2.37. The maximum atomic E-state index is 13.0. The second-order valence-electron chi connectivity index (χ2n) is 8.37. The third-order valence-corrected chi connectivity index (χ3v) is 5.67. The van der Waals surface area contributed by atoms with E-state index in [0.29, 0.717) is 19.0 Å². The van der Waals surface area contributed by atoms with Gasteiger partial charge < -0.3 is 14.5 Å². The fourth-order valence-corrected chi connectivity index (χ4v) is 3.81. The van der Waals surface area contributed by atoms with Gasteiger partial charge in [-0.05, 0) is 68.1 Å². The van der Waals surface area contributed by atoms with Crippen LogP contribution in [0.4, 0.5) is 5.69 Å². The predicted molar refractivity (Wildman–Crippen MR) is 121 cm³/mol. The van der Waals surface area contributed by atoms with Gasteiger partial charge in [-0.25, -0.2) is 0 Å². The van der Waals surface area contributed by atoms with Crippen LogP contribution in [0.25, 0.3) is 0 Å². The maximum Gasteiger partial charge on any atom is 0.263 e. The standard InChI is InChI=1S/C25H32N2O3/c1-17(2)23-11-6-18(3)16-24(23)30-20(5)25(29)27-14-12-26(13-15-27)22-9-7-21(8-10-22)19(4)28/h6-11,16-17,20H,12-15H2,1-5H3. The summed E-state index contributed by atoms with van der Waals surface area (Å²) in [5.74, 6) is 1.23. The summed E-state index contributed by atoms with van der Waals surface area (Å²) < 4.78 is 6.11. The molecule has 1 heterocycles. The van der Waals surface area contributed by atoms with Crippen molar-refractivity contribution in [2.24, 2.45) is 0 Å². The number of ether oxygens (including phenoxy) is 1. The number of hydrogen-bond acceptors (Lipinski definition) is 4. The Morgan fingerprint density at radius 3 is 2.13 bits per heavy atom. The van der Waals surface area contributed by atoms with Crippen LogP contribution in [0, 0.1) is 6.92 Å². The minimum Gasteiger partial charge on any atom is -0.481 e. The topological polar surface area (TPSA) is 49.9 Å². The van der Waals surface area contributed by atoms with Crippen LogP contribution in [0.2, 0.25) is 0 Å². The van der Waals surface area contributed by atoms with Crippen LogP contribution >= 0.6 is 0 Å². The van der Waals surface area contributed by atoms with E-state index in [4.69, 9.17) is 4.74 Å². The molecule has 160 valence electrons. The van der Waals surface area contributed by atoms with E-state index in [-0.39, 0.29) is 11.7 Å². The lowest BCUT2D eigenvalue weighted by molar-refractivity contribution is -0.138. The average Bonchev–Trinajstić information content (AvgIpc) is 2.73. The number of aryl methyl sites for hydroxylation is 1. The van der Waals surface area contributed by atoms with Gasteiger partial charge in [0.25, 0.3) is 5.91 Å². The van der Waals surface area contributed by atoms with Gasteiger partial charge in [0.05, 0.1) is 0 Å². The zero-order chi connectivity index (χ0) is 21.8. The molecule has 0 saturated carbocycles. The van der Waals surface area contributed by atoms with Gasteiger partial charge in [-0.3, -0.25) is 9.59 Å². The smallest absolute Gasteiger partial charge is 0.263 e. The number of carbonyl (C=O) groups excluding carboxylic acids is 2. The zero-order valence-electron chi connectivity index (χ0n) is 18.6. The highest BCUT2D eigenvalue weighted by Gasteiger charge is 2.27. The molecule has 5 nitrogen and oxygen atoms in total. The van der Waals surface area contributed by atoms with Gasteiger partial charge in [-0.2, -0.15) is 0 Å². The maximum absolute atomic E-state index is 13.0. The van der Waals surface area contributed by atoms with Crippen LogP contribution in [0.3, 0.4) is 0 Å². The van der Waals surface area contributed by atoms with Crippen molar-refractivity contribution in [2.75, 3.05) is 31.1 Å². The number of piperazine rings is 1. The minimum atomic E-state index is -0.522. The van der Waals surface area contributed by atoms with Crippen molar-refractivity contribution in [1.82, 2.24) is 4.90 Å². The number of amides is 1. The Morgan fingerprint density at radius 1 is 0.933 bits per heavy atom. The van der Waals surface area contributed by atoms with E-state index in [1.165, 1.54) is 0 Å². The van der Waals surface area contributed by atoms with Crippen LogP contribution in [0.1, 0.15) is 55.1 Å². The highest BCUT2D eigenvalue weighted by Crippen LogP contribution is 2.28. The average molecular weight is 409 g/mol. The Morgan fingerprint density at radius 2 is 1.57 bits per heavy atom. The molecule has 2 aromatic carbocycles. The molecular weight excluding hydrogens is 376 g/mol. The van der Waals surface area contributed by atoms with Gasteiger partial charge in [0.15, 0.2) is 11.9 Å². The van der Waals surface area contributed by atoms with E-state index in [2.05, 4.69) is 30.9 Å².